The van der Waals surface area contributed by atoms with Crippen molar-refractivity contribution in [2.75, 3.05) is 73.6 Å². The Kier molecular flexibility index (Phi) is 29.6. The van der Waals surface area contributed by atoms with Crippen molar-refractivity contribution in [3.63, 3.8) is 0 Å². The van der Waals surface area contributed by atoms with E-state index < -0.39 is 33.6 Å². The molecule has 27 nitrogen and oxygen atoms in total. The van der Waals surface area contributed by atoms with Crippen molar-refractivity contribution in [2.45, 2.75) is 126 Å². The van der Waals surface area contributed by atoms with Crippen LogP contribution in [0.1, 0.15) is 162 Å². The van der Waals surface area contributed by atoms with Crippen LogP contribution in [0.25, 0.3) is 64.0 Å². The number of carbonyl (C=O) groups is 6. The number of carbonyl (C=O) groups excluding carboxylic acids is 6. The second kappa shape index (κ2) is 43.1. The maximum atomic E-state index is 13.5. The number of hydrogen-bond donors (Lipinski definition) is 5. The lowest BCUT2D eigenvalue weighted by Crippen LogP contribution is -2.54. The van der Waals surface area contributed by atoms with Gasteiger partial charge in [-0.15, -0.1) is 45.3 Å². The van der Waals surface area contributed by atoms with Crippen LogP contribution < -0.4 is 28.7 Å². The predicted octanol–water partition coefficient (Wildman–Crippen LogP) is 19.7. The van der Waals surface area contributed by atoms with Gasteiger partial charge in [-0.25, -0.2) is 25.0 Å². The Bertz CT molecular complexity index is 7730. The molecule has 9 aliphatic rings. The summed E-state index contributed by atoms with van der Waals surface area (Å²) in [5.74, 6) is 2.35. The zero-order valence-corrected chi connectivity index (χ0v) is 88.7. The number of pyridine rings is 1. The van der Waals surface area contributed by atoms with Gasteiger partial charge in [0.1, 0.15) is 16.6 Å². The van der Waals surface area contributed by atoms with Gasteiger partial charge in [0.2, 0.25) is 29.5 Å². The van der Waals surface area contributed by atoms with Crippen molar-refractivity contribution in [3.8, 4) is 56.0 Å². The molecule has 2 saturated carbocycles. The molecule has 1 unspecified atom stereocenters. The standard InChI is InChI=1S/C33H32N4O2.C26H24N4OS.C21H17ClN4OS.C20H24N4O2S.C18H20N4OS/c34-32-35-33(29-13-3-1-4-14-29,30-15-5-2-6-16-30)24-37(32)23-25-9-7-10-26(21-25)27-11-8-12-28(22-27)31(38)36-17-19-39-20-18-36;1-26(22-13-12-21(32-22)20-5-3-4-16(14-20)15-27)23(24(31)30(2)25(28)29-26)19-10-8-18(9-11-19)17-6-7-17;1-21(10-18(27)26(2)20(24)25-21)14-8-13-5-6-28-19(13)16(9-14)15-7-12(11-23)3-4-17(15)22;1-13(25)23-7-5-14(11-23)12-24-18(26)10-20(2,22-19(24)21)16-3-4-17-15(9-16)6-8-27-17;1-18(14-8-13(10-24-14)12-4-3-7-20-9-12)15(11-5-6-11)16(23)22(2)17(19)21-18/h1-16,21-22H,17-20,23-24H2,(H2,34,35);3-5,8-14,17,23H,6-7H2,1-2H3,(H2,28,29);3-9H,10H2,1-2H3,(H2,24,25);3-4,6,8-9,14H,5,7,10-12H2,1-2H3,(H2,21,22);3-4,7-11,15H,5-6H2,1-2H3,(H2,19,21)/t;23-,26+;21-;14?,20-;15-,18-/m.0001/s1. The topological polar surface area (TPSA) is 387 Å². The van der Waals surface area contributed by atoms with Crippen LogP contribution in [-0.4, -0.2) is 178 Å². The highest BCUT2D eigenvalue weighted by Gasteiger charge is 2.55. The molecule has 762 valence electrons. The maximum Gasteiger partial charge on any atom is 0.254 e. The third kappa shape index (κ3) is 21.4. The summed E-state index contributed by atoms with van der Waals surface area (Å²) >= 11 is 13.0. The number of nitrogens with two attached hydrogens (primary N) is 5. The lowest BCUT2D eigenvalue weighted by Gasteiger charge is -2.40. The number of nitrogens with zero attached hydrogens (tertiary/aromatic N) is 15. The van der Waals surface area contributed by atoms with Crippen molar-refractivity contribution in [1.29, 1.82) is 10.5 Å². The van der Waals surface area contributed by atoms with Gasteiger partial charge in [-0.1, -0.05) is 151 Å². The summed E-state index contributed by atoms with van der Waals surface area (Å²) in [5, 5.41) is 27.5. The summed E-state index contributed by atoms with van der Waals surface area (Å²) in [6, 6.07) is 87.2. The average molecular weight is 2090 g/mol. The molecule has 32 heteroatoms. The van der Waals surface area contributed by atoms with E-state index in [1.54, 1.807) is 109 Å². The molecule has 0 bridgehead atoms. The summed E-state index contributed by atoms with van der Waals surface area (Å²) in [6.45, 7) is 15.2. The molecular weight excluding hydrogens is 1970 g/mol. The highest BCUT2D eigenvalue weighted by Crippen LogP contribution is 2.54. The molecule has 5 aromatic heterocycles. The zero-order valence-electron chi connectivity index (χ0n) is 84.7. The number of halogens is 1. The molecular formula is C118H117ClN20O7S4. The van der Waals surface area contributed by atoms with Gasteiger partial charge in [0, 0.05) is 131 Å². The molecule has 150 heavy (non-hydrogen) atoms. The average Bonchev–Trinajstić information content (AvgIpc) is 1.72. The summed E-state index contributed by atoms with van der Waals surface area (Å²) < 4.78 is 7.69. The molecule has 6 amide bonds. The van der Waals surface area contributed by atoms with E-state index in [9.17, 15) is 39.3 Å². The Balaban J connectivity index is 0.000000119. The minimum absolute atomic E-state index is 0.00306. The summed E-state index contributed by atoms with van der Waals surface area (Å²) in [7, 11) is 5.02. The van der Waals surface area contributed by atoms with Gasteiger partial charge in [0.25, 0.3) is 5.91 Å². The number of fused-ring (bicyclic) bond motifs is 2. The fourth-order valence-corrected chi connectivity index (χ4v) is 25.2. The van der Waals surface area contributed by atoms with Gasteiger partial charge in [-0.2, -0.15) is 10.5 Å². The van der Waals surface area contributed by atoms with E-state index in [4.69, 9.17) is 65.0 Å². The molecule has 7 aliphatic heterocycles. The summed E-state index contributed by atoms with van der Waals surface area (Å²) in [6.07, 6.45) is 9.71. The molecule has 4 fully saturated rings. The smallest absolute Gasteiger partial charge is 0.254 e. The normalized spacial score (nSPS) is 21.9. The van der Waals surface area contributed by atoms with Crippen molar-refractivity contribution >= 4 is 142 Å². The summed E-state index contributed by atoms with van der Waals surface area (Å²) in [4.78, 5) is 119. The van der Waals surface area contributed by atoms with Crippen LogP contribution in [0, 0.1) is 40.4 Å². The van der Waals surface area contributed by atoms with Gasteiger partial charge in [-0.3, -0.25) is 53.4 Å². The number of rotatable bonds is 18. The van der Waals surface area contributed by atoms with Crippen LogP contribution in [0.15, 0.2) is 302 Å². The number of nitriles is 2. The molecule has 2 aliphatic carbocycles. The number of benzene rings is 9. The first-order valence-electron chi connectivity index (χ1n) is 50.2. The molecule has 2 saturated heterocycles. The summed E-state index contributed by atoms with van der Waals surface area (Å²) in [5.41, 5.74) is 44.0. The van der Waals surface area contributed by atoms with E-state index in [1.165, 1.54) is 37.8 Å². The van der Waals surface area contributed by atoms with E-state index in [-0.39, 0.29) is 71.6 Å². The lowest BCUT2D eigenvalue weighted by molar-refractivity contribution is -0.135. The first kappa shape index (κ1) is 103. The fraction of sp³-hybridized carbons (Fsp3) is 0.288. The number of likely N-dealkylation sites (tertiary alicyclic amines) is 1. The second-order valence-corrected chi connectivity index (χ2v) is 44.6. The molecule has 12 heterocycles. The van der Waals surface area contributed by atoms with Gasteiger partial charge >= 0.3 is 0 Å². The molecule has 14 aromatic rings. The number of ether oxygens (including phenoxy) is 1. The SMILES string of the molecule is CC(=O)N1CCC(CN2C(=O)C[C@@](C)(c3ccc4sccc4c3)N=C2N)C1.CN1C(=O)C[C@@](C)(c2cc(-c3cc(C#N)ccc3Cl)c3sccc3c2)N=C1N.CN1C(=O)[C@@H](C2CC2)[C@@](C)(c2cc(-c3cccnc3)cs2)N=C1N.CN1C(=O)[C@H](c2ccc(C3CC3)cc2)[C@@](C)(c2ccc(-c3cccc(C#N)c3)s2)N=C1N.NC1=NC(c2ccccc2)(c2ccccc2)CN1Cc1cccc(-c2cccc(C(=O)N3CCOCC3)c2)c1. The highest BCUT2D eigenvalue weighted by atomic mass is 35.5. The monoisotopic (exact) mass is 2090 g/mol. The lowest BCUT2D eigenvalue weighted by atomic mass is 9.77. The third-order valence-electron chi connectivity index (χ3n) is 30.0. The first-order chi connectivity index (χ1) is 72.2. The van der Waals surface area contributed by atoms with Gasteiger partial charge in [0.15, 0.2) is 29.8 Å². The van der Waals surface area contributed by atoms with Crippen molar-refractivity contribution in [1.82, 2.24) is 39.3 Å². The molecule has 9 aromatic carbocycles. The van der Waals surface area contributed by atoms with Crippen LogP contribution in [-0.2, 0) is 62.9 Å². The Hall–Kier alpha value is -15.4. The quantitative estimate of drug-likeness (QED) is 0.0533. The van der Waals surface area contributed by atoms with Gasteiger partial charge in [-0.05, 0) is 275 Å². The zero-order chi connectivity index (χ0) is 105. The maximum absolute atomic E-state index is 13.5. The Morgan fingerprint density at radius 3 is 1.82 bits per heavy atom. The van der Waals surface area contributed by atoms with Crippen LogP contribution in [0.2, 0.25) is 5.02 Å². The van der Waals surface area contributed by atoms with E-state index in [2.05, 4.69) is 165 Å². The number of aromatic nitrogens is 1. The van der Waals surface area contributed by atoms with E-state index in [1.807, 2.05) is 146 Å². The Labute approximate surface area is 893 Å². The Morgan fingerprint density at radius 2 is 1.14 bits per heavy atom. The molecule has 23 rings (SSSR count). The minimum Gasteiger partial charge on any atom is -0.378 e. The van der Waals surface area contributed by atoms with E-state index >= 15 is 0 Å². The van der Waals surface area contributed by atoms with Gasteiger partial charge < -0.3 is 48.1 Å². The number of thiophene rings is 4. The van der Waals surface area contributed by atoms with Gasteiger partial charge in [0.05, 0.1) is 78.8 Å². The molecule has 0 radical (unpaired) electrons. The van der Waals surface area contributed by atoms with Crippen molar-refractivity contribution in [3.05, 3.63) is 348 Å². The number of likely N-dealkylation sites (N-methyl/N-ethyl adjacent to an activating group) is 1. The van der Waals surface area contributed by atoms with E-state index in [0.29, 0.717) is 104 Å². The van der Waals surface area contributed by atoms with Crippen molar-refractivity contribution < 1.29 is 33.5 Å². The largest absolute Gasteiger partial charge is 0.378 e. The van der Waals surface area contributed by atoms with Crippen LogP contribution >= 0.6 is 56.9 Å². The number of guanidine groups is 5. The van der Waals surface area contributed by atoms with E-state index in [0.717, 1.165) is 128 Å². The highest BCUT2D eigenvalue weighted by molar-refractivity contribution is 7.18. The predicted molar refractivity (Wildman–Crippen MR) is 598 cm³/mol. The molecule has 0 spiro atoms. The number of morpholine rings is 1. The molecule has 10 N–H and O–H groups in total. The number of aliphatic imine (C=N–C) groups is 5. The van der Waals surface area contributed by atoms with Crippen LogP contribution in [0.3, 0.4) is 0 Å². The third-order valence-corrected chi connectivity index (χ3v) is 34.7. The number of amides is 6. The first-order valence-corrected chi connectivity index (χ1v) is 54.0. The van der Waals surface area contributed by atoms with Crippen molar-refractivity contribution in [2.24, 2.45) is 71.4 Å². The second-order valence-electron chi connectivity index (χ2n) is 40.4. The molecule has 7 atom stereocenters. The number of hydrogen-bond acceptors (Lipinski definition) is 25. The Morgan fingerprint density at radius 1 is 0.507 bits per heavy atom. The van der Waals surface area contributed by atoms with Crippen LogP contribution in [0.5, 0.6) is 0 Å². The minimum atomic E-state index is -0.815. The van der Waals surface area contributed by atoms with Crippen LogP contribution in [0.4, 0.5) is 0 Å². The fourth-order valence-electron chi connectivity index (χ4n) is 21.1.